The van der Waals surface area contributed by atoms with Crippen LogP contribution in [0.2, 0.25) is 0 Å². The fourth-order valence-electron chi connectivity index (χ4n) is 3.86. The van der Waals surface area contributed by atoms with Gasteiger partial charge in [0.15, 0.2) is 0 Å². The molecule has 1 saturated heterocycles. The number of hydrogen-bond acceptors (Lipinski definition) is 3. The van der Waals surface area contributed by atoms with Gasteiger partial charge in [0.1, 0.15) is 6.54 Å². The Bertz CT molecular complexity index is 922. The average Bonchev–Trinajstić information content (AvgIpc) is 2.72. The van der Waals surface area contributed by atoms with E-state index in [1.807, 2.05) is 42.2 Å². The van der Waals surface area contributed by atoms with Crippen LogP contribution in [0.1, 0.15) is 24.0 Å². The molecule has 0 saturated carbocycles. The van der Waals surface area contributed by atoms with Gasteiger partial charge >= 0.3 is 0 Å². The van der Waals surface area contributed by atoms with Gasteiger partial charge in [-0.1, -0.05) is 48.0 Å². The number of hydrogen-bond donors (Lipinski definition) is 1. The lowest BCUT2D eigenvalue weighted by Gasteiger charge is -2.32. The van der Waals surface area contributed by atoms with Crippen molar-refractivity contribution < 1.29 is 18.1 Å². The molecule has 2 aromatic rings. The number of carbonyl (C=O) groups is 1. The Morgan fingerprint density at radius 2 is 1.67 bits per heavy atom. The third-order valence-corrected chi connectivity index (χ3v) is 6.79. The number of nitrogens with one attached hydrogen (secondary N) is 1. The van der Waals surface area contributed by atoms with Crippen molar-refractivity contribution in [3.05, 3.63) is 65.7 Å². The highest BCUT2D eigenvalue weighted by atomic mass is 32.2. The molecule has 1 aliphatic heterocycles. The van der Waals surface area contributed by atoms with Crippen molar-refractivity contribution in [3.63, 3.8) is 0 Å². The molecular weight excluding hydrogens is 398 g/mol. The van der Waals surface area contributed by atoms with E-state index in [4.69, 9.17) is 0 Å². The van der Waals surface area contributed by atoms with Crippen molar-refractivity contribution in [2.45, 2.75) is 26.3 Å². The summed E-state index contributed by atoms with van der Waals surface area (Å²) >= 11 is 0. The number of rotatable bonds is 8. The topological polar surface area (TPSA) is 62.1 Å². The van der Waals surface area contributed by atoms with E-state index in [2.05, 4.69) is 24.3 Å². The minimum atomic E-state index is -3.39. The summed E-state index contributed by atoms with van der Waals surface area (Å²) in [6.45, 7) is 6.67. The molecule has 0 bridgehead atoms. The molecule has 7 heteroatoms. The molecule has 1 N–H and O–H groups in total. The number of carbonyl (C=O) groups excluding carboxylic acids is 1. The SMILES string of the molecule is Cc1ccc(N(CCCC(=O)N2CC[NH+](Cc3ccccc3)CC2)S(C)(=O)=O)cc1. The third kappa shape index (κ3) is 6.31. The molecule has 1 fully saturated rings. The molecule has 162 valence electrons. The maximum atomic E-state index is 12.6. The molecule has 0 atom stereocenters. The average molecular weight is 431 g/mol. The van der Waals surface area contributed by atoms with Crippen LogP contribution >= 0.6 is 0 Å². The first-order chi connectivity index (χ1) is 14.3. The smallest absolute Gasteiger partial charge is 0.232 e. The molecule has 1 heterocycles. The van der Waals surface area contributed by atoms with Crippen LogP contribution in [0.25, 0.3) is 0 Å². The summed E-state index contributed by atoms with van der Waals surface area (Å²) < 4.78 is 25.8. The van der Waals surface area contributed by atoms with Gasteiger partial charge in [0.05, 0.1) is 38.1 Å². The van der Waals surface area contributed by atoms with Crippen LogP contribution in [-0.4, -0.2) is 58.2 Å². The van der Waals surface area contributed by atoms with Crippen molar-refractivity contribution in [1.82, 2.24) is 4.90 Å². The highest BCUT2D eigenvalue weighted by molar-refractivity contribution is 7.92. The van der Waals surface area contributed by atoms with E-state index in [0.29, 0.717) is 25.1 Å². The first-order valence-corrected chi connectivity index (χ1v) is 12.4. The highest BCUT2D eigenvalue weighted by Gasteiger charge is 2.24. The van der Waals surface area contributed by atoms with Gasteiger partial charge < -0.3 is 9.80 Å². The van der Waals surface area contributed by atoms with Crippen LogP contribution in [0.15, 0.2) is 54.6 Å². The van der Waals surface area contributed by atoms with Crippen molar-refractivity contribution in [2.24, 2.45) is 0 Å². The Labute approximate surface area is 180 Å². The summed E-state index contributed by atoms with van der Waals surface area (Å²) in [7, 11) is -3.39. The van der Waals surface area contributed by atoms with Crippen LogP contribution in [-0.2, 0) is 21.4 Å². The van der Waals surface area contributed by atoms with E-state index < -0.39 is 10.0 Å². The fourth-order valence-corrected chi connectivity index (χ4v) is 4.83. The fraction of sp³-hybridized carbons (Fsp3) is 0.435. The maximum Gasteiger partial charge on any atom is 0.232 e. The van der Waals surface area contributed by atoms with E-state index >= 15 is 0 Å². The van der Waals surface area contributed by atoms with Crippen LogP contribution < -0.4 is 9.21 Å². The monoisotopic (exact) mass is 430 g/mol. The van der Waals surface area contributed by atoms with Crippen molar-refractivity contribution in [3.8, 4) is 0 Å². The van der Waals surface area contributed by atoms with E-state index in [1.165, 1.54) is 21.0 Å². The summed E-state index contributed by atoms with van der Waals surface area (Å²) in [6, 6.07) is 17.9. The van der Waals surface area contributed by atoms with Gasteiger partial charge in [0.25, 0.3) is 0 Å². The van der Waals surface area contributed by atoms with Gasteiger partial charge in [0, 0.05) is 18.5 Å². The molecule has 1 aliphatic rings. The molecule has 30 heavy (non-hydrogen) atoms. The maximum absolute atomic E-state index is 12.6. The lowest BCUT2D eigenvalue weighted by Crippen LogP contribution is -3.13. The molecule has 2 aromatic carbocycles. The number of nitrogens with zero attached hydrogens (tertiary/aromatic N) is 2. The standard InChI is InChI=1S/C23H31N3O3S/c1-20-10-12-22(13-11-20)26(30(2,28)29)14-6-9-23(27)25-17-15-24(16-18-25)19-21-7-4-3-5-8-21/h3-5,7-8,10-13H,6,9,14-19H2,1-2H3/p+1. The highest BCUT2D eigenvalue weighted by Crippen LogP contribution is 2.19. The predicted molar refractivity (Wildman–Crippen MR) is 120 cm³/mol. The van der Waals surface area contributed by atoms with Gasteiger partial charge in [-0.2, -0.15) is 0 Å². The minimum Gasteiger partial charge on any atom is -0.331 e. The second kappa shape index (κ2) is 10.1. The van der Waals surface area contributed by atoms with Crippen LogP contribution in [0.3, 0.4) is 0 Å². The number of benzene rings is 2. The zero-order valence-corrected chi connectivity index (χ0v) is 18.7. The second-order valence-electron chi connectivity index (χ2n) is 8.07. The largest absolute Gasteiger partial charge is 0.331 e. The number of sulfonamides is 1. The molecule has 0 unspecified atom stereocenters. The summed E-state index contributed by atoms with van der Waals surface area (Å²) in [5.74, 6) is 0.117. The number of aryl methyl sites for hydroxylation is 1. The lowest BCUT2D eigenvalue weighted by atomic mass is 10.2. The molecule has 0 aliphatic carbocycles. The number of piperazine rings is 1. The van der Waals surface area contributed by atoms with Crippen molar-refractivity contribution in [1.29, 1.82) is 0 Å². The lowest BCUT2D eigenvalue weighted by molar-refractivity contribution is -0.917. The van der Waals surface area contributed by atoms with Crippen LogP contribution in [0.5, 0.6) is 0 Å². The van der Waals surface area contributed by atoms with Gasteiger partial charge in [0.2, 0.25) is 15.9 Å². The predicted octanol–water partition coefficient (Wildman–Crippen LogP) is 1.47. The Balaban J connectivity index is 1.46. The Hall–Kier alpha value is -2.38. The minimum absolute atomic E-state index is 0.117. The molecule has 3 rings (SSSR count). The Morgan fingerprint density at radius 3 is 2.27 bits per heavy atom. The molecule has 1 amide bonds. The quantitative estimate of drug-likeness (QED) is 0.690. The molecule has 0 aromatic heterocycles. The van der Waals surface area contributed by atoms with Gasteiger partial charge in [-0.05, 0) is 25.5 Å². The zero-order valence-electron chi connectivity index (χ0n) is 17.9. The van der Waals surface area contributed by atoms with Gasteiger partial charge in [-0.15, -0.1) is 0 Å². The first kappa shape index (κ1) is 22.3. The molecule has 0 radical (unpaired) electrons. The number of quaternary nitrogens is 1. The number of anilines is 1. The third-order valence-electron chi connectivity index (χ3n) is 5.59. The van der Waals surface area contributed by atoms with E-state index in [0.717, 1.165) is 38.3 Å². The Kier molecular flexibility index (Phi) is 7.50. The van der Waals surface area contributed by atoms with E-state index in [1.54, 1.807) is 0 Å². The van der Waals surface area contributed by atoms with Crippen LogP contribution in [0, 0.1) is 6.92 Å². The first-order valence-electron chi connectivity index (χ1n) is 10.5. The van der Waals surface area contributed by atoms with Gasteiger partial charge in [-0.25, -0.2) is 8.42 Å². The Morgan fingerprint density at radius 1 is 1.03 bits per heavy atom. The summed E-state index contributed by atoms with van der Waals surface area (Å²) in [5.41, 5.74) is 3.05. The molecule has 6 nitrogen and oxygen atoms in total. The summed E-state index contributed by atoms with van der Waals surface area (Å²) in [5, 5.41) is 0. The summed E-state index contributed by atoms with van der Waals surface area (Å²) in [6.07, 6.45) is 2.09. The number of amides is 1. The van der Waals surface area contributed by atoms with Gasteiger partial charge in [-0.3, -0.25) is 9.10 Å². The second-order valence-corrected chi connectivity index (χ2v) is 9.97. The van der Waals surface area contributed by atoms with Crippen molar-refractivity contribution in [2.75, 3.05) is 43.3 Å². The molecular formula is C23H32N3O3S+. The summed E-state index contributed by atoms with van der Waals surface area (Å²) in [4.78, 5) is 16.0. The van der Waals surface area contributed by atoms with Crippen LogP contribution in [0.4, 0.5) is 5.69 Å². The zero-order chi connectivity index (χ0) is 21.6. The van der Waals surface area contributed by atoms with Crippen molar-refractivity contribution >= 4 is 21.6 Å². The normalized spacial score (nSPS) is 15.2. The van der Waals surface area contributed by atoms with E-state index in [9.17, 15) is 13.2 Å². The van der Waals surface area contributed by atoms with E-state index in [-0.39, 0.29) is 5.91 Å². The molecule has 0 spiro atoms.